The number of ether oxygens (including phenoxy) is 2. The second-order valence-corrected chi connectivity index (χ2v) is 8.97. The topological polar surface area (TPSA) is 96.4 Å². The fourth-order valence-electron chi connectivity index (χ4n) is 5.26. The van der Waals surface area contributed by atoms with Crippen LogP contribution in [0, 0.1) is 11.8 Å². The molecule has 2 bridgehead atoms. The first kappa shape index (κ1) is 21.8. The summed E-state index contributed by atoms with van der Waals surface area (Å²) < 4.78 is 11.5. The van der Waals surface area contributed by atoms with Crippen LogP contribution in [0.3, 0.4) is 0 Å². The molecular formula is C21H32N2O6. The van der Waals surface area contributed by atoms with Crippen LogP contribution in [0.25, 0.3) is 0 Å². The number of β-amino-alcohol motifs (C(OH)–C–C–N with tert-alkyl or cyclic N) is 1. The minimum atomic E-state index is -1.06. The Morgan fingerprint density at radius 3 is 2.69 bits per heavy atom. The van der Waals surface area contributed by atoms with E-state index in [1.54, 1.807) is 17.9 Å². The van der Waals surface area contributed by atoms with Crippen LogP contribution in [0.4, 0.5) is 0 Å². The highest BCUT2D eigenvalue weighted by Gasteiger charge is 2.75. The summed E-state index contributed by atoms with van der Waals surface area (Å²) in [5.74, 6) is -2.48. The van der Waals surface area contributed by atoms with Gasteiger partial charge < -0.3 is 24.4 Å². The van der Waals surface area contributed by atoms with Crippen LogP contribution in [-0.4, -0.2) is 82.3 Å². The molecule has 5 atom stereocenters. The van der Waals surface area contributed by atoms with Gasteiger partial charge in [-0.15, -0.1) is 6.58 Å². The highest BCUT2D eigenvalue weighted by Crippen LogP contribution is 2.58. The van der Waals surface area contributed by atoms with Crippen molar-refractivity contribution in [2.24, 2.45) is 11.8 Å². The van der Waals surface area contributed by atoms with E-state index in [4.69, 9.17) is 9.47 Å². The fraction of sp³-hybridized carbons (Fsp3) is 0.762. The lowest BCUT2D eigenvalue weighted by atomic mass is 9.70. The lowest BCUT2D eigenvalue weighted by Crippen LogP contribution is -2.60. The Morgan fingerprint density at radius 2 is 2.14 bits per heavy atom. The highest BCUT2D eigenvalue weighted by atomic mass is 16.6. The molecule has 162 valence electrons. The summed E-state index contributed by atoms with van der Waals surface area (Å²) in [4.78, 5) is 42.8. The summed E-state index contributed by atoms with van der Waals surface area (Å²) in [7, 11) is 0. The molecule has 1 N–H and O–H groups in total. The third-order valence-electron chi connectivity index (χ3n) is 6.32. The Kier molecular flexibility index (Phi) is 5.80. The first-order valence-corrected chi connectivity index (χ1v) is 10.3. The maximum Gasteiger partial charge on any atom is 0.312 e. The van der Waals surface area contributed by atoms with Crippen LogP contribution >= 0.6 is 0 Å². The Labute approximate surface area is 171 Å². The van der Waals surface area contributed by atoms with Crippen molar-refractivity contribution in [2.75, 3.05) is 26.3 Å². The third kappa shape index (κ3) is 3.26. The minimum absolute atomic E-state index is 0.0170. The van der Waals surface area contributed by atoms with Gasteiger partial charge in [-0.2, -0.15) is 0 Å². The van der Waals surface area contributed by atoms with Gasteiger partial charge in [-0.3, -0.25) is 14.4 Å². The Hall–Kier alpha value is -1.93. The monoisotopic (exact) mass is 408 g/mol. The molecule has 3 heterocycles. The normalized spacial score (nSPS) is 33.0. The van der Waals surface area contributed by atoms with E-state index < -0.39 is 41.1 Å². The zero-order chi connectivity index (χ0) is 21.6. The standard InChI is InChI=1S/C21H32N2O6/c1-6-10-23(20(3,4)5)18(26)16-21-9-8-13(29-21)14(19(27)28-7-2)15(21)17(25)22(16)11-12-24/h6,13-16,24H,1,7-12H2,2-5H3/t13-,14+,15+,16?,21?/m1/s1. The molecule has 8 heteroatoms. The molecule has 3 aliphatic rings. The summed E-state index contributed by atoms with van der Waals surface area (Å²) in [6.45, 7) is 11.5. The number of amides is 2. The number of hydrogen-bond donors (Lipinski definition) is 1. The van der Waals surface area contributed by atoms with Crippen molar-refractivity contribution in [3.63, 3.8) is 0 Å². The van der Waals surface area contributed by atoms with E-state index in [2.05, 4.69) is 6.58 Å². The molecule has 2 amide bonds. The van der Waals surface area contributed by atoms with Crippen LogP contribution in [0.2, 0.25) is 0 Å². The Bertz CT molecular complexity index is 702. The molecule has 3 saturated heterocycles. The van der Waals surface area contributed by atoms with Gasteiger partial charge in [-0.05, 0) is 40.5 Å². The predicted molar refractivity (Wildman–Crippen MR) is 105 cm³/mol. The summed E-state index contributed by atoms with van der Waals surface area (Å²) in [6.07, 6.45) is 2.35. The molecule has 0 aromatic rings. The number of nitrogens with zero attached hydrogens (tertiary/aromatic N) is 2. The molecule has 0 aromatic carbocycles. The van der Waals surface area contributed by atoms with E-state index >= 15 is 0 Å². The molecule has 3 aliphatic heterocycles. The Balaban J connectivity index is 2.04. The minimum Gasteiger partial charge on any atom is -0.466 e. The van der Waals surface area contributed by atoms with Gasteiger partial charge in [0, 0.05) is 18.6 Å². The molecule has 29 heavy (non-hydrogen) atoms. The molecule has 2 unspecified atom stereocenters. The molecule has 3 fully saturated rings. The SMILES string of the molecule is C=CCN(C(=O)C1N(CCO)C(=O)[C@@H]2[C@@H](C(=O)OCC)[C@H]3CCC12O3)C(C)(C)C. The van der Waals surface area contributed by atoms with Crippen LogP contribution in [0.15, 0.2) is 12.7 Å². The summed E-state index contributed by atoms with van der Waals surface area (Å²) in [6, 6.07) is -0.879. The van der Waals surface area contributed by atoms with E-state index in [0.717, 1.165) is 0 Å². The number of rotatable bonds is 7. The van der Waals surface area contributed by atoms with E-state index in [0.29, 0.717) is 19.4 Å². The van der Waals surface area contributed by atoms with Crippen LogP contribution in [0.5, 0.6) is 0 Å². The molecule has 0 saturated carbocycles. The van der Waals surface area contributed by atoms with Gasteiger partial charge in [-0.25, -0.2) is 0 Å². The Morgan fingerprint density at radius 1 is 1.45 bits per heavy atom. The number of aliphatic hydroxyl groups excluding tert-OH is 1. The van der Waals surface area contributed by atoms with Crippen molar-refractivity contribution in [1.29, 1.82) is 0 Å². The predicted octanol–water partition coefficient (Wildman–Crippen LogP) is 0.730. The van der Waals surface area contributed by atoms with E-state index in [9.17, 15) is 19.5 Å². The number of carbonyl (C=O) groups excluding carboxylic acids is 3. The summed E-state index contributed by atoms with van der Waals surface area (Å²) in [5.41, 5.74) is -1.55. The molecule has 3 rings (SSSR count). The molecule has 0 radical (unpaired) electrons. The maximum atomic E-state index is 13.7. The van der Waals surface area contributed by atoms with Gasteiger partial charge in [0.15, 0.2) is 0 Å². The van der Waals surface area contributed by atoms with Crippen molar-refractivity contribution < 1.29 is 29.0 Å². The number of likely N-dealkylation sites (tertiary alicyclic amines) is 1. The average molecular weight is 408 g/mol. The average Bonchev–Trinajstić information content (AvgIpc) is 3.27. The van der Waals surface area contributed by atoms with Gasteiger partial charge in [0.2, 0.25) is 11.8 Å². The molecule has 1 spiro atoms. The summed E-state index contributed by atoms with van der Waals surface area (Å²) in [5, 5.41) is 9.57. The lowest BCUT2D eigenvalue weighted by Gasteiger charge is -2.41. The van der Waals surface area contributed by atoms with Crippen LogP contribution in [-0.2, 0) is 23.9 Å². The zero-order valence-electron chi connectivity index (χ0n) is 17.7. The van der Waals surface area contributed by atoms with Crippen molar-refractivity contribution in [2.45, 2.75) is 63.8 Å². The maximum absolute atomic E-state index is 13.7. The van der Waals surface area contributed by atoms with E-state index in [-0.39, 0.29) is 31.6 Å². The van der Waals surface area contributed by atoms with Crippen molar-refractivity contribution in [1.82, 2.24) is 9.80 Å². The molecule has 0 aromatic heterocycles. The van der Waals surface area contributed by atoms with Gasteiger partial charge in [0.1, 0.15) is 11.6 Å². The smallest absolute Gasteiger partial charge is 0.312 e. The van der Waals surface area contributed by atoms with Crippen LogP contribution in [0.1, 0.15) is 40.5 Å². The van der Waals surface area contributed by atoms with Gasteiger partial charge >= 0.3 is 5.97 Å². The number of carbonyl (C=O) groups is 3. The number of esters is 1. The van der Waals surface area contributed by atoms with Gasteiger partial charge in [0.05, 0.1) is 31.2 Å². The quantitative estimate of drug-likeness (QED) is 0.493. The molecule has 0 aliphatic carbocycles. The van der Waals surface area contributed by atoms with Crippen molar-refractivity contribution in [3.05, 3.63) is 12.7 Å². The first-order chi connectivity index (χ1) is 13.6. The lowest BCUT2D eigenvalue weighted by molar-refractivity contribution is -0.155. The van der Waals surface area contributed by atoms with Gasteiger partial charge in [0.25, 0.3) is 0 Å². The molecular weight excluding hydrogens is 376 g/mol. The fourth-order valence-corrected chi connectivity index (χ4v) is 5.26. The van der Waals surface area contributed by atoms with Crippen molar-refractivity contribution >= 4 is 17.8 Å². The first-order valence-electron chi connectivity index (χ1n) is 10.3. The summed E-state index contributed by atoms with van der Waals surface area (Å²) >= 11 is 0. The number of hydrogen-bond acceptors (Lipinski definition) is 6. The highest BCUT2D eigenvalue weighted by molar-refractivity contribution is 5.98. The number of fused-ring (bicyclic) bond motifs is 1. The largest absolute Gasteiger partial charge is 0.466 e. The van der Waals surface area contributed by atoms with Crippen LogP contribution < -0.4 is 0 Å². The second kappa shape index (κ2) is 7.72. The zero-order valence-corrected chi connectivity index (χ0v) is 17.7. The van der Waals surface area contributed by atoms with E-state index in [1.807, 2.05) is 20.8 Å². The van der Waals surface area contributed by atoms with Gasteiger partial charge in [-0.1, -0.05) is 6.08 Å². The van der Waals surface area contributed by atoms with E-state index in [1.165, 1.54) is 4.90 Å². The van der Waals surface area contributed by atoms with Crippen molar-refractivity contribution in [3.8, 4) is 0 Å². The second-order valence-electron chi connectivity index (χ2n) is 8.97. The molecule has 8 nitrogen and oxygen atoms in total. The number of aliphatic hydroxyl groups is 1. The third-order valence-corrected chi connectivity index (χ3v) is 6.32.